The zero-order valence-corrected chi connectivity index (χ0v) is 69.2. The van der Waals surface area contributed by atoms with Crippen LogP contribution < -0.4 is 21.3 Å². The minimum atomic E-state index is -0.617. The van der Waals surface area contributed by atoms with Gasteiger partial charge in [-0.1, -0.05) is 218 Å². The Kier molecular flexibility index (Phi) is 39.7. The monoisotopic (exact) mass is 1580 g/mol. The van der Waals surface area contributed by atoms with E-state index in [0.717, 1.165) is 66.8 Å². The van der Waals surface area contributed by atoms with Gasteiger partial charge in [-0.2, -0.15) is 0 Å². The summed E-state index contributed by atoms with van der Waals surface area (Å²) >= 11 is 0. The van der Waals surface area contributed by atoms with Crippen LogP contribution in [0, 0.1) is 0 Å². The van der Waals surface area contributed by atoms with Gasteiger partial charge in [-0.3, -0.25) is 58.7 Å². The van der Waals surface area contributed by atoms with Crippen molar-refractivity contribution in [2.45, 2.75) is 128 Å². The highest BCUT2D eigenvalue weighted by atomic mass is 16.3. The molecule has 8 aromatic rings. The number of benzene rings is 8. The first-order chi connectivity index (χ1) is 56.2. The summed E-state index contributed by atoms with van der Waals surface area (Å²) in [7, 11) is 8.02. The number of hydrogen-bond donors (Lipinski definition) is 8. The lowest BCUT2D eigenvalue weighted by Gasteiger charge is -2.29. The van der Waals surface area contributed by atoms with Crippen molar-refractivity contribution in [2.75, 3.05) is 120 Å². The number of likely N-dealkylation sites (N-methyl/N-ethyl adjacent to an activating group) is 4. The predicted octanol–water partition coefficient (Wildman–Crippen LogP) is 10.3. The second kappa shape index (κ2) is 50.4. The molecule has 8 rings (SSSR count). The normalized spacial score (nSPS) is 14.1. The molecule has 0 bridgehead atoms. The molecule has 8 N–H and O–H groups in total. The molecule has 0 spiro atoms. The van der Waals surface area contributed by atoms with E-state index in [1.807, 2.05) is 226 Å². The number of rotatable bonds is 51. The van der Waals surface area contributed by atoms with Gasteiger partial charge in [0.05, 0.1) is 50.6 Å². The minimum absolute atomic E-state index is 0.101. The van der Waals surface area contributed by atoms with Gasteiger partial charge in [0, 0.05) is 166 Å². The second-order valence-electron chi connectivity index (χ2n) is 30.2. The lowest BCUT2D eigenvalue weighted by atomic mass is 10.0. The molecule has 0 saturated heterocycles. The molecule has 22 nitrogen and oxygen atoms in total. The summed E-state index contributed by atoms with van der Waals surface area (Å²) in [4.78, 5) is 85.3. The van der Waals surface area contributed by atoms with Crippen LogP contribution in [0.4, 0.5) is 0 Å². The van der Waals surface area contributed by atoms with Crippen LogP contribution in [-0.4, -0.2) is 242 Å². The van der Waals surface area contributed by atoms with E-state index in [-0.39, 0.29) is 73.5 Å². The summed E-state index contributed by atoms with van der Waals surface area (Å²) in [6.45, 7) is 15.8. The van der Waals surface area contributed by atoms with Gasteiger partial charge in [0.15, 0.2) is 0 Å². The average molecular weight is 1580 g/mol. The van der Waals surface area contributed by atoms with Crippen molar-refractivity contribution in [3.8, 4) is 0 Å². The van der Waals surface area contributed by atoms with Crippen LogP contribution in [0.15, 0.2) is 238 Å². The van der Waals surface area contributed by atoms with Gasteiger partial charge in [-0.15, -0.1) is 0 Å². The molecular weight excluding hydrogens is 1450 g/mol. The number of carbonyl (C=O) groups excluding carboxylic acids is 4. The molecule has 0 aliphatic rings. The third-order valence-corrected chi connectivity index (χ3v) is 21.4. The molecule has 0 heterocycles. The van der Waals surface area contributed by atoms with Crippen LogP contribution in [0.3, 0.4) is 0 Å². The van der Waals surface area contributed by atoms with E-state index in [1.54, 1.807) is 24.9 Å². The highest BCUT2D eigenvalue weighted by Gasteiger charge is 2.25. The summed E-state index contributed by atoms with van der Waals surface area (Å²) in [5.74, 6) is -0.634. The maximum atomic E-state index is 13.5. The molecule has 8 aromatic carbocycles. The SMILES string of the molecule is C[C@@H]([C@H](O)c1ccccc1)N(C)Cc1ccc(C=NCCNC(=O)CCN(CCC(=O)NCCN=Cc2ccc(CN(C)[C@@H](C)[C@H](O)c3ccccc3)cc2)CCN(CCC(=O)NCCN=Cc2ccc(CN(C)[C@@H](C)[C@H](O)c3ccccc3)cc2)CCC(=O)NCCN=Cc2ccc(CN(C)[C@@H](C)[C@H](O)c3ccccc3)cc2)cc1. The zero-order valence-electron chi connectivity index (χ0n) is 69.2. The van der Waals surface area contributed by atoms with E-state index >= 15 is 0 Å². The molecule has 4 amide bonds. The summed E-state index contributed by atoms with van der Waals surface area (Å²) in [5, 5.41) is 56.0. The van der Waals surface area contributed by atoms with E-state index in [2.05, 4.69) is 119 Å². The number of nitrogens with zero attached hydrogens (tertiary/aromatic N) is 10. The fourth-order valence-electron chi connectivity index (χ4n) is 13.3. The Balaban J connectivity index is 0.844. The van der Waals surface area contributed by atoms with Crippen LogP contribution in [0.1, 0.15) is 145 Å². The average Bonchev–Trinajstić information content (AvgIpc) is 0.870. The summed E-state index contributed by atoms with van der Waals surface area (Å²) in [6, 6.07) is 70.9. The third kappa shape index (κ3) is 32.9. The van der Waals surface area contributed by atoms with Gasteiger partial charge in [-0.05, 0) is 123 Å². The van der Waals surface area contributed by atoms with Crippen LogP contribution in [0.5, 0.6) is 0 Å². The molecule has 8 atom stereocenters. The smallest absolute Gasteiger partial charge is 0.221 e. The molecular formula is C94H124N14O8. The second-order valence-corrected chi connectivity index (χ2v) is 30.2. The van der Waals surface area contributed by atoms with Crippen molar-refractivity contribution in [3.05, 3.63) is 285 Å². The van der Waals surface area contributed by atoms with Crippen molar-refractivity contribution in [1.82, 2.24) is 50.7 Å². The Bertz CT molecular complexity index is 3720. The van der Waals surface area contributed by atoms with Crippen molar-refractivity contribution in [2.24, 2.45) is 20.0 Å². The Morgan fingerprint density at radius 1 is 0.293 bits per heavy atom. The predicted molar refractivity (Wildman–Crippen MR) is 468 cm³/mol. The van der Waals surface area contributed by atoms with Crippen molar-refractivity contribution >= 4 is 48.5 Å². The quantitative estimate of drug-likeness (QED) is 0.0130. The van der Waals surface area contributed by atoms with Crippen LogP contribution in [0.2, 0.25) is 0 Å². The molecule has 22 heteroatoms. The topological polar surface area (TPSA) is 266 Å². The lowest BCUT2D eigenvalue weighted by molar-refractivity contribution is -0.123. The standard InChI is InChI=1S/C94H124N14O8/c1-71(91(113)83-21-13-9-14-22-83)103(5)67-79-37-29-75(30-38-79)63-95-49-53-99-87(109)45-57-107(58-46-88(110)100-54-50-96-64-76-31-39-80(40-32-76)68-104(6)72(2)92(114)84-23-15-10-16-24-84)61-62-108(59-47-89(111)101-55-51-97-65-77-33-41-81(42-34-77)69-105(7)73(3)93(115)85-25-17-11-18-26-85)60-48-90(112)102-56-52-98-66-78-35-43-82(44-36-78)70-106(8)74(4)94(116)86-27-19-12-20-28-86/h9-44,63-66,71-74,91-94,113-116H,45-62,67-70H2,1-8H3,(H,99,109)(H,100,110)(H,101,111)(H,102,112)/t71-,72-,73-,74-,91-,92-,93-,94-/m0/s1. The van der Waals surface area contributed by atoms with Gasteiger partial charge in [0.1, 0.15) is 0 Å². The molecule has 0 saturated carbocycles. The molecule has 0 aliphatic carbocycles. The number of aliphatic imine (C=N–C) groups is 4. The van der Waals surface area contributed by atoms with Crippen molar-refractivity contribution in [1.29, 1.82) is 0 Å². The molecule has 0 fully saturated rings. The maximum absolute atomic E-state index is 13.5. The van der Waals surface area contributed by atoms with Gasteiger partial charge in [-0.25, -0.2) is 0 Å². The first-order valence-corrected chi connectivity index (χ1v) is 40.8. The fourth-order valence-corrected chi connectivity index (χ4v) is 13.3. The number of carbonyl (C=O) groups is 4. The lowest BCUT2D eigenvalue weighted by Crippen LogP contribution is -2.41. The van der Waals surface area contributed by atoms with Crippen LogP contribution in [0.25, 0.3) is 0 Å². The Hall–Kier alpha value is -10.1. The molecule has 0 aromatic heterocycles. The highest BCUT2D eigenvalue weighted by molar-refractivity contribution is 5.82. The van der Waals surface area contributed by atoms with Crippen LogP contribution >= 0.6 is 0 Å². The number of hydrogen-bond acceptors (Lipinski definition) is 18. The Morgan fingerprint density at radius 3 is 0.672 bits per heavy atom. The first-order valence-electron chi connectivity index (χ1n) is 40.8. The van der Waals surface area contributed by atoms with Crippen molar-refractivity contribution in [3.63, 3.8) is 0 Å². The van der Waals surface area contributed by atoms with E-state index < -0.39 is 24.4 Å². The minimum Gasteiger partial charge on any atom is -0.387 e. The molecule has 618 valence electrons. The van der Waals surface area contributed by atoms with E-state index in [4.69, 9.17) is 0 Å². The zero-order chi connectivity index (χ0) is 82.8. The van der Waals surface area contributed by atoms with Gasteiger partial charge < -0.3 is 51.5 Å². The number of aliphatic hydroxyl groups is 4. The van der Waals surface area contributed by atoms with Gasteiger partial charge in [0.25, 0.3) is 0 Å². The first kappa shape index (κ1) is 91.4. The van der Waals surface area contributed by atoms with Crippen LogP contribution in [-0.2, 0) is 45.4 Å². The van der Waals surface area contributed by atoms with Crippen molar-refractivity contribution < 1.29 is 39.6 Å². The number of amides is 4. The summed E-state index contributed by atoms with van der Waals surface area (Å²) in [5.41, 5.74) is 11.7. The van der Waals surface area contributed by atoms with Gasteiger partial charge in [0.2, 0.25) is 23.6 Å². The molecule has 0 unspecified atom stereocenters. The third-order valence-electron chi connectivity index (χ3n) is 21.4. The Labute approximate surface area is 688 Å². The largest absolute Gasteiger partial charge is 0.387 e. The molecule has 0 aliphatic heterocycles. The fraction of sp³-hybridized carbons (Fsp3) is 0.404. The van der Waals surface area contributed by atoms with E-state index in [0.29, 0.717) is 118 Å². The number of aliphatic hydroxyl groups excluding tert-OH is 4. The molecule has 0 radical (unpaired) electrons. The number of nitrogens with one attached hydrogen (secondary N) is 4. The summed E-state index contributed by atoms with van der Waals surface area (Å²) < 4.78 is 0. The summed E-state index contributed by atoms with van der Waals surface area (Å²) in [6.07, 6.45) is 5.35. The highest BCUT2D eigenvalue weighted by Crippen LogP contribution is 2.26. The van der Waals surface area contributed by atoms with E-state index in [1.165, 1.54) is 0 Å². The molecule has 116 heavy (non-hydrogen) atoms. The van der Waals surface area contributed by atoms with Gasteiger partial charge >= 0.3 is 0 Å². The Morgan fingerprint density at radius 2 is 0.483 bits per heavy atom. The van der Waals surface area contributed by atoms with E-state index in [9.17, 15) is 39.6 Å². The maximum Gasteiger partial charge on any atom is 0.221 e.